The van der Waals surface area contributed by atoms with Gasteiger partial charge in [-0.2, -0.15) is 13.2 Å². The van der Waals surface area contributed by atoms with Crippen molar-refractivity contribution in [2.75, 3.05) is 26.2 Å². The molecule has 19 heavy (non-hydrogen) atoms. The number of carbonyl (C=O) groups is 1. The van der Waals surface area contributed by atoms with Crippen molar-refractivity contribution in [2.45, 2.75) is 39.3 Å². The summed E-state index contributed by atoms with van der Waals surface area (Å²) in [4.78, 5) is 13.0. The molecule has 3 nitrogen and oxygen atoms in total. The van der Waals surface area contributed by atoms with Crippen molar-refractivity contribution in [3.05, 3.63) is 0 Å². The normalized spacial score (nSPS) is 17.8. The van der Waals surface area contributed by atoms with Gasteiger partial charge in [0.15, 0.2) is 0 Å². The van der Waals surface area contributed by atoms with E-state index in [0.717, 1.165) is 30.8 Å². The van der Waals surface area contributed by atoms with Crippen LogP contribution in [0.25, 0.3) is 0 Å². The molecule has 6 heteroatoms. The lowest BCUT2D eigenvalue weighted by Gasteiger charge is -2.29. The number of rotatable bonds is 5. The molecule has 1 aliphatic heterocycles. The molecule has 1 amide bonds. The van der Waals surface area contributed by atoms with E-state index < -0.39 is 12.7 Å². The Labute approximate surface area is 112 Å². The number of nitrogens with one attached hydrogen (secondary N) is 1. The Hall–Kier alpha value is -0.780. The monoisotopic (exact) mass is 280 g/mol. The summed E-state index contributed by atoms with van der Waals surface area (Å²) in [5, 5.41) is 3.18. The van der Waals surface area contributed by atoms with E-state index in [9.17, 15) is 18.0 Å². The fourth-order valence-electron chi connectivity index (χ4n) is 2.37. The van der Waals surface area contributed by atoms with E-state index >= 15 is 0 Å². The van der Waals surface area contributed by atoms with E-state index in [1.165, 1.54) is 0 Å². The Balaban J connectivity index is 2.54. The standard InChI is InChI=1S/C13H23F3N2O/c1-10(2)8-18(9-13(14,15)16)12(19)7-11-3-5-17-6-4-11/h10-11,17H,3-9H2,1-2H3. The van der Waals surface area contributed by atoms with Gasteiger partial charge in [0, 0.05) is 13.0 Å². The third-order valence-corrected chi connectivity index (χ3v) is 3.23. The van der Waals surface area contributed by atoms with Gasteiger partial charge in [-0.1, -0.05) is 13.8 Å². The van der Waals surface area contributed by atoms with Gasteiger partial charge in [-0.05, 0) is 37.8 Å². The maximum atomic E-state index is 12.5. The van der Waals surface area contributed by atoms with Crippen molar-refractivity contribution in [1.29, 1.82) is 0 Å². The van der Waals surface area contributed by atoms with Crippen molar-refractivity contribution in [3.63, 3.8) is 0 Å². The summed E-state index contributed by atoms with van der Waals surface area (Å²) in [7, 11) is 0. The first-order valence-electron chi connectivity index (χ1n) is 6.83. The van der Waals surface area contributed by atoms with Gasteiger partial charge in [-0.3, -0.25) is 4.79 Å². The topological polar surface area (TPSA) is 32.3 Å². The van der Waals surface area contributed by atoms with E-state index in [-0.39, 0.29) is 30.7 Å². The Morgan fingerprint density at radius 2 is 1.89 bits per heavy atom. The molecule has 0 atom stereocenters. The zero-order valence-corrected chi connectivity index (χ0v) is 11.6. The molecule has 1 heterocycles. The molecule has 0 bridgehead atoms. The third kappa shape index (κ3) is 6.80. The predicted molar refractivity (Wildman–Crippen MR) is 67.7 cm³/mol. The lowest BCUT2D eigenvalue weighted by atomic mass is 9.94. The molecule has 0 unspecified atom stereocenters. The summed E-state index contributed by atoms with van der Waals surface area (Å²) in [6.07, 6.45) is -2.34. The number of nitrogens with zero attached hydrogens (tertiary/aromatic N) is 1. The van der Waals surface area contributed by atoms with Gasteiger partial charge in [0.2, 0.25) is 5.91 Å². The van der Waals surface area contributed by atoms with Crippen molar-refractivity contribution >= 4 is 5.91 Å². The highest BCUT2D eigenvalue weighted by molar-refractivity contribution is 5.76. The van der Waals surface area contributed by atoms with Crippen molar-refractivity contribution in [2.24, 2.45) is 11.8 Å². The SMILES string of the molecule is CC(C)CN(CC(F)(F)F)C(=O)CC1CCNCC1. The summed E-state index contributed by atoms with van der Waals surface area (Å²) >= 11 is 0. The van der Waals surface area contributed by atoms with Gasteiger partial charge in [0.05, 0.1) is 0 Å². The van der Waals surface area contributed by atoms with Crippen LogP contribution in [-0.4, -0.2) is 43.2 Å². The van der Waals surface area contributed by atoms with Crippen LogP contribution in [0, 0.1) is 11.8 Å². The second kappa shape index (κ2) is 7.12. The largest absolute Gasteiger partial charge is 0.406 e. The minimum Gasteiger partial charge on any atom is -0.333 e. The smallest absolute Gasteiger partial charge is 0.333 e. The first-order chi connectivity index (χ1) is 8.78. The zero-order chi connectivity index (χ0) is 14.5. The minimum absolute atomic E-state index is 0.0410. The van der Waals surface area contributed by atoms with E-state index in [1.807, 2.05) is 13.8 Å². The molecule has 0 radical (unpaired) electrons. The van der Waals surface area contributed by atoms with Crippen LogP contribution in [0.2, 0.25) is 0 Å². The van der Waals surface area contributed by atoms with Crippen LogP contribution in [0.5, 0.6) is 0 Å². The van der Waals surface area contributed by atoms with Crippen LogP contribution in [0.1, 0.15) is 33.1 Å². The summed E-state index contributed by atoms with van der Waals surface area (Å²) in [5.74, 6) is -0.103. The van der Waals surface area contributed by atoms with Crippen molar-refractivity contribution < 1.29 is 18.0 Å². The van der Waals surface area contributed by atoms with Crippen LogP contribution in [-0.2, 0) is 4.79 Å². The number of alkyl halides is 3. The number of hydrogen-bond acceptors (Lipinski definition) is 2. The number of halogens is 3. The Morgan fingerprint density at radius 1 is 1.32 bits per heavy atom. The molecule has 1 saturated heterocycles. The second-order valence-electron chi connectivity index (χ2n) is 5.68. The molecule has 0 saturated carbocycles. The van der Waals surface area contributed by atoms with Gasteiger partial charge >= 0.3 is 6.18 Å². The Morgan fingerprint density at radius 3 is 2.37 bits per heavy atom. The highest BCUT2D eigenvalue weighted by Crippen LogP contribution is 2.21. The van der Waals surface area contributed by atoms with Crippen LogP contribution in [0.4, 0.5) is 13.2 Å². The average Bonchev–Trinajstić information content (AvgIpc) is 2.27. The van der Waals surface area contributed by atoms with E-state index in [0.29, 0.717) is 0 Å². The molecule has 0 aromatic rings. The van der Waals surface area contributed by atoms with Crippen LogP contribution >= 0.6 is 0 Å². The van der Waals surface area contributed by atoms with Crippen LogP contribution < -0.4 is 5.32 Å². The first-order valence-corrected chi connectivity index (χ1v) is 6.83. The van der Waals surface area contributed by atoms with E-state index in [4.69, 9.17) is 0 Å². The summed E-state index contributed by atoms with van der Waals surface area (Å²) in [6.45, 7) is 4.38. The second-order valence-corrected chi connectivity index (χ2v) is 5.68. The highest BCUT2D eigenvalue weighted by atomic mass is 19.4. The number of piperidine rings is 1. The van der Waals surface area contributed by atoms with E-state index in [1.54, 1.807) is 0 Å². The van der Waals surface area contributed by atoms with Gasteiger partial charge in [0.1, 0.15) is 6.54 Å². The predicted octanol–water partition coefficient (Wildman–Crippen LogP) is 2.42. The van der Waals surface area contributed by atoms with Crippen molar-refractivity contribution in [1.82, 2.24) is 10.2 Å². The molecule has 1 N–H and O–H groups in total. The maximum absolute atomic E-state index is 12.5. The molecular formula is C13H23F3N2O. The average molecular weight is 280 g/mol. The molecule has 0 aliphatic carbocycles. The fraction of sp³-hybridized carbons (Fsp3) is 0.923. The Kier molecular flexibility index (Phi) is 6.10. The molecule has 0 spiro atoms. The third-order valence-electron chi connectivity index (χ3n) is 3.23. The molecule has 0 aromatic heterocycles. The molecular weight excluding hydrogens is 257 g/mol. The van der Waals surface area contributed by atoms with Crippen LogP contribution in [0.15, 0.2) is 0 Å². The fourth-order valence-corrected chi connectivity index (χ4v) is 2.37. The summed E-state index contributed by atoms with van der Waals surface area (Å²) in [6, 6.07) is 0. The zero-order valence-electron chi connectivity index (χ0n) is 11.6. The van der Waals surface area contributed by atoms with E-state index in [2.05, 4.69) is 5.32 Å². The Bertz CT molecular complexity index is 286. The molecule has 112 valence electrons. The van der Waals surface area contributed by atoms with Gasteiger partial charge in [0.25, 0.3) is 0 Å². The van der Waals surface area contributed by atoms with Crippen LogP contribution in [0.3, 0.4) is 0 Å². The molecule has 1 fully saturated rings. The summed E-state index contributed by atoms with van der Waals surface area (Å²) < 4.78 is 37.5. The maximum Gasteiger partial charge on any atom is 0.406 e. The molecule has 1 rings (SSSR count). The van der Waals surface area contributed by atoms with Crippen molar-refractivity contribution in [3.8, 4) is 0 Å². The highest BCUT2D eigenvalue weighted by Gasteiger charge is 2.33. The molecule has 0 aromatic carbocycles. The number of amides is 1. The van der Waals surface area contributed by atoms with Gasteiger partial charge < -0.3 is 10.2 Å². The first kappa shape index (κ1) is 16.3. The van der Waals surface area contributed by atoms with Gasteiger partial charge in [-0.15, -0.1) is 0 Å². The molecule has 1 aliphatic rings. The lowest BCUT2D eigenvalue weighted by molar-refractivity contribution is -0.162. The number of carbonyl (C=O) groups excluding carboxylic acids is 1. The quantitative estimate of drug-likeness (QED) is 0.839. The lowest BCUT2D eigenvalue weighted by Crippen LogP contribution is -2.42. The number of hydrogen-bond donors (Lipinski definition) is 1. The minimum atomic E-state index is -4.32. The summed E-state index contributed by atoms with van der Waals surface area (Å²) in [5.41, 5.74) is 0. The van der Waals surface area contributed by atoms with Gasteiger partial charge in [-0.25, -0.2) is 0 Å².